The number of nitrogens with two attached hydrogens (primary N) is 1. The molecule has 2 nitrogen and oxygen atoms in total. The van der Waals surface area contributed by atoms with E-state index in [4.69, 9.17) is 17.4 Å². The third kappa shape index (κ3) is 3.13. The Morgan fingerprint density at radius 3 is 2.71 bits per heavy atom. The van der Waals surface area contributed by atoms with Crippen molar-refractivity contribution in [1.29, 1.82) is 0 Å². The van der Waals surface area contributed by atoms with Gasteiger partial charge in [-0.3, -0.25) is 11.3 Å². The fourth-order valence-corrected chi connectivity index (χ4v) is 3.53. The van der Waals surface area contributed by atoms with Crippen LogP contribution in [0.1, 0.15) is 40.3 Å². The molecule has 3 N–H and O–H groups in total. The molecule has 1 aliphatic rings. The van der Waals surface area contributed by atoms with Crippen LogP contribution in [0.5, 0.6) is 0 Å². The van der Waals surface area contributed by atoms with E-state index in [1.54, 1.807) is 0 Å². The zero-order valence-electron chi connectivity index (χ0n) is 12.3. The van der Waals surface area contributed by atoms with Crippen LogP contribution in [0.15, 0.2) is 36.4 Å². The molecule has 1 aliphatic carbocycles. The Morgan fingerprint density at radius 1 is 1.14 bits per heavy atom. The predicted molar refractivity (Wildman–Crippen MR) is 88.4 cm³/mol. The first-order chi connectivity index (χ1) is 10.2. The molecule has 0 aliphatic heterocycles. The molecule has 3 rings (SSSR count). The molecule has 110 valence electrons. The van der Waals surface area contributed by atoms with Gasteiger partial charge in [0, 0.05) is 5.02 Å². The van der Waals surface area contributed by atoms with Gasteiger partial charge in [-0.15, -0.1) is 0 Å². The van der Waals surface area contributed by atoms with Crippen molar-refractivity contribution in [2.45, 2.75) is 38.6 Å². The zero-order chi connectivity index (χ0) is 14.8. The summed E-state index contributed by atoms with van der Waals surface area (Å²) < 4.78 is 0. The fourth-order valence-electron chi connectivity index (χ4n) is 3.16. The maximum atomic E-state index is 6.37. The molecule has 0 radical (unpaired) electrons. The summed E-state index contributed by atoms with van der Waals surface area (Å²) >= 11 is 6.37. The Hall–Kier alpha value is -1.35. The Morgan fingerprint density at radius 2 is 1.95 bits per heavy atom. The maximum absolute atomic E-state index is 6.37. The number of hydrogen-bond donors (Lipinski definition) is 2. The third-order valence-corrected chi connectivity index (χ3v) is 4.66. The summed E-state index contributed by atoms with van der Waals surface area (Å²) in [5.41, 5.74) is 9.45. The molecule has 0 spiro atoms. The van der Waals surface area contributed by atoms with E-state index in [1.165, 1.54) is 36.0 Å². The standard InChI is InChI=1S/C18H21ClN2/c1-12-5-8-16(17(19)9-12)18(21-20)11-13-6-7-14-3-2-4-15(14)10-13/h5-10,18,21H,2-4,11,20H2,1H3. The molecule has 1 unspecified atom stereocenters. The molecule has 0 heterocycles. The molecule has 0 fully saturated rings. The molecule has 3 heteroatoms. The largest absolute Gasteiger partial charge is 0.271 e. The van der Waals surface area contributed by atoms with Gasteiger partial charge in [-0.1, -0.05) is 41.9 Å². The van der Waals surface area contributed by atoms with Crippen LogP contribution in [-0.4, -0.2) is 0 Å². The number of hydrogen-bond acceptors (Lipinski definition) is 2. The highest BCUT2D eigenvalue weighted by Gasteiger charge is 2.16. The SMILES string of the molecule is Cc1ccc(C(Cc2ccc3c(c2)CCC3)NN)c(Cl)c1. The van der Waals surface area contributed by atoms with Gasteiger partial charge in [-0.25, -0.2) is 0 Å². The van der Waals surface area contributed by atoms with Gasteiger partial charge in [-0.2, -0.15) is 0 Å². The number of hydrazine groups is 1. The van der Waals surface area contributed by atoms with Crippen LogP contribution < -0.4 is 11.3 Å². The summed E-state index contributed by atoms with van der Waals surface area (Å²) in [7, 11) is 0. The predicted octanol–water partition coefficient (Wildman–Crippen LogP) is 3.88. The van der Waals surface area contributed by atoms with Crippen molar-refractivity contribution < 1.29 is 0 Å². The molecule has 0 saturated heterocycles. The summed E-state index contributed by atoms with van der Waals surface area (Å²) in [6.45, 7) is 2.04. The lowest BCUT2D eigenvalue weighted by Crippen LogP contribution is -2.29. The van der Waals surface area contributed by atoms with Crippen LogP contribution in [0.2, 0.25) is 5.02 Å². The molecule has 0 saturated carbocycles. The second-order valence-corrected chi connectivity index (χ2v) is 6.31. The number of benzene rings is 2. The van der Waals surface area contributed by atoms with Crippen molar-refractivity contribution in [2.75, 3.05) is 0 Å². The molecule has 0 bridgehead atoms. The first kappa shape index (κ1) is 14.6. The minimum Gasteiger partial charge on any atom is -0.271 e. The Kier molecular flexibility index (Phi) is 4.29. The van der Waals surface area contributed by atoms with Crippen molar-refractivity contribution in [3.8, 4) is 0 Å². The van der Waals surface area contributed by atoms with Crippen molar-refractivity contribution in [3.05, 3.63) is 69.2 Å². The number of rotatable bonds is 4. The first-order valence-corrected chi connectivity index (χ1v) is 7.88. The van der Waals surface area contributed by atoms with E-state index in [1.807, 2.05) is 13.0 Å². The van der Waals surface area contributed by atoms with E-state index in [2.05, 4.69) is 35.8 Å². The van der Waals surface area contributed by atoms with Crippen molar-refractivity contribution in [1.82, 2.24) is 5.43 Å². The summed E-state index contributed by atoms with van der Waals surface area (Å²) in [5, 5.41) is 0.777. The normalized spacial score (nSPS) is 15.0. The highest BCUT2D eigenvalue weighted by Crippen LogP contribution is 2.28. The second kappa shape index (κ2) is 6.18. The number of halogens is 1. The summed E-state index contributed by atoms with van der Waals surface area (Å²) in [6, 6.07) is 13.0. The quantitative estimate of drug-likeness (QED) is 0.664. The highest BCUT2D eigenvalue weighted by molar-refractivity contribution is 6.31. The van der Waals surface area contributed by atoms with Crippen LogP contribution >= 0.6 is 11.6 Å². The van der Waals surface area contributed by atoms with Crippen molar-refractivity contribution >= 4 is 11.6 Å². The first-order valence-electron chi connectivity index (χ1n) is 7.50. The van der Waals surface area contributed by atoms with Crippen LogP contribution in [0.3, 0.4) is 0 Å². The molecular weight excluding hydrogens is 280 g/mol. The monoisotopic (exact) mass is 300 g/mol. The van der Waals surface area contributed by atoms with E-state index in [0.717, 1.165) is 22.6 Å². The second-order valence-electron chi connectivity index (χ2n) is 5.90. The Bertz CT molecular complexity index is 652. The minimum absolute atomic E-state index is 0.0394. The van der Waals surface area contributed by atoms with E-state index in [-0.39, 0.29) is 6.04 Å². The molecule has 2 aromatic carbocycles. The topological polar surface area (TPSA) is 38.0 Å². The van der Waals surface area contributed by atoms with E-state index < -0.39 is 0 Å². The molecule has 0 aromatic heterocycles. The molecule has 0 amide bonds. The lowest BCUT2D eigenvalue weighted by Gasteiger charge is -2.18. The van der Waals surface area contributed by atoms with Gasteiger partial charge in [0.05, 0.1) is 6.04 Å². The maximum Gasteiger partial charge on any atom is 0.0515 e. The number of aryl methyl sites for hydroxylation is 3. The minimum atomic E-state index is 0.0394. The van der Waals surface area contributed by atoms with Crippen molar-refractivity contribution in [3.63, 3.8) is 0 Å². The van der Waals surface area contributed by atoms with Gasteiger partial charge in [-0.05, 0) is 66.5 Å². The van der Waals surface area contributed by atoms with Crippen LogP contribution in [0.4, 0.5) is 0 Å². The fraction of sp³-hybridized carbons (Fsp3) is 0.333. The number of fused-ring (bicyclic) bond motifs is 1. The zero-order valence-corrected chi connectivity index (χ0v) is 13.1. The average molecular weight is 301 g/mol. The third-order valence-electron chi connectivity index (χ3n) is 4.34. The molecule has 1 atom stereocenters. The van der Waals surface area contributed by atoms with Crippen LogP contribution in [0, 0.1) is 6.92 Å². The van der Waals surface area contributed by atoms with Gasteiger partial charge in [0.2, 0.25) is 0 Å². The van der Waals surface area contributed by atoms with Gasteiger partial charge in [0.15, 0.2) is 0 Å². The summed E-state index contributed by atoms with van der Waals surface area (Å²) in [6.07, 6.45) is 4.56. The number of nitrogens with one attached hydrogen (secondary N) is 1. The lowest BCUT2D eigenvalue weighted by molar-refractivity contribution is 0.552. The van der Waals surface area contributed by atoms with E-state index in [0.29, 0.717) is 0 Å². The van der Waals surface area contributed by atoms with Crippen molar-refractivity contribution in [2.24, 2.45) is 5.84 Å². The Balaban J connectivity index is 1.84. The van der Waals surface area contributed by atoms with Gasteiger partial charge in [0.25, 0.3) is 0 Å². The Labute approximate surface area is 131 Å². The van der Waals surface area contributed by atoms with E-state index >= 15 is 0 Å². The van der Waals surface area contributed by atoms with Gasteiger partial charge < -0.3 is 0 Å². The molecule has 2 aromatic rings. The van der Waals surface area contributed by atoms with Gasteiger partial charge in [0.1, 0.15) is 0 Å². The van der Waals surface area contributed by atoms with Crippen LogP contribution in [-0.2, 0) is 19.3 Å². The molecule has 21 heavy (non-hydrogen) atoms. The highest BCUT2D eigenvalue weighted by atomic mass is 35.5. The summed E-state index contributed by atoms with van der Waals surface area (Å²) in [4.78, 5) is 0. The smallest absolute Gasteiger partial charge is 0.0515 e. The lowest BCUT2D eigenvalue weighted by atomic mass is 9.96. The summed E-state index contributed by atoms with van der Waals surface area (Å²) in [5.74, 6) is 5.76. The van der Waals surface area contributed by atoms with Gasteiger partial charge >= 0.3 is 0 Å². The van der Waals surface area contributed by atoms with Crippen LogP contribution in [0.25, 0.3) is 0 Å². The average Bonchev–Trinajstić information content (AvgIpc) is 2.93. The van der Waals surface area contributed by atoms with E-state index in [9.17, 15) is 0 Å². The molecular formula is C18H21ClN2.